The van der Waals surface area contributed by atoms with E-state index in [0.717, 1.165) is 16.9 Å². The molecule has 152 valence electrons. The smallest absolute Gasteiger partial charge is 0.239 e. The Labute approximate surface area is 172 Å². The molecule has 0 aliphatic carbocycles. The van der Waals surface area contributed by atoms with Gasteiger partial charge in [0.25, 0.3) is 0 Å². The molecule has 2 amide bonds. The normalized spacial score (nSPS) is 11.3. The minimum atomic E-state index is -0.624. The third-order valence-electron chi connectivity index (χ3n) is 4.11. The van der Waals surface area contributed by atoms with E-state index in [0.29, 0.717) is 12.3 Å². The number of ether oxygens (including phenoxy) is 1. The molecule has 28 heavy (non-hydrogen) atoms. The second-order valence-electron chi connectivity index (χ2n) is 6.79. The molecule has 4 N–H and O–H groups in total. The fraction of sp³-hybridized carbons (Fsp3) is 0.333. The Morgan fingerprint density at radius 1 is 1.07 bits per heavy atom. The molecule has 6 nitrogen and oxygen atoms in total. The van der Waals surface area contributed by atoms with Crippen molar-refractivity contribution < 1.29 is 14.3 Å². The topological polar surface area (TPSA) is 93.5 Å². The fourth-order valence-electron chi connectivity index (χ4n) is 2.36. The molecule has 0 heterocycles. The Morgan fingerprint density at radius 3 is 2.39 bits per heavy atom. The molecule has 0 saturated carbocycles. The molecule has 0 radical (unpaired) electrons. The molecule has 0 unspecified atom stereocenters. The van der Waals surface area contributed by atoms with E-state index in [2.05, 4.69) is 10.6 Å². The first-order chi connectivity index (χ1) is 12.9. The van der Waals surface area contributed by atoms with Gasteiger partial charge in [-0.1, -0.05) is 44.2 Å². The number of carbonyl (C=O) groups is 2. The number of nitrogens with two attached hydrogens (primary N) is 1. The fourth-order valence-corrected chi connectivity index (χ4v) is 2.36. The SMILES string of the molecule is Cc1ccc(CNC(=O)CNC(=O)[C@@H](N)C(C)C)c(Oc2ccccc2)c1.Cl. The number of nitrogens with one attached hydrogen (secondary N) is 2. The molecule has 1 atom stereocenters. The highest BCUT2D eigenvalue weighted by atomic mass is 35.5. The Kier molecular flexibility index (Phi) is 9.48. The maximum absolute atomic E-state index is 12.0. The third kappa shape index (κ3) is 7.21. The minimum Gasteiger partial charge on any atom is -0.457 e. The molecule has 0 spiro atoms. The van der Waals surface area contributed by atoms with Crippen LogP contribution in [0.1, 0.15) is 25.0 Å². The van der Waals surface area contributed by atoms with Gasteiger partial charge in [0, 0.05) is 12.1 Å². The van der Waals surface area contributed by atoms with Crippen LogP contribution in [0.15, 0.2) is 48.5 Å². The van der Waals surface area contributed by atoms with Crippen molar-refractivity contribution in [2.45, 2.75) is 33.4 Å². The first kappa shape index (κ1) is 23.5. The van der Waals surface area contributed by atoms with Gasteiger partial charge in [0.2, 0.25) is 11.8 Å². The summed E-state index contributed by atoms with van der Waals surface area (Å²) in [5, 5.41) is 5.35. The number of benzene rings is 2. The first-order valence-electron chi connectivity index (χ1n) is 8.99. The molecule has 7 heteroatoms. The Balaban J connectivity index is 0.00000392. The lowest BCUT2D eigenvalue weighted by Gasteiger charge is -2.16. The van der Waals surface area contributed by atoms with Gasteiger partial charge in [-0.05, 0) is 36.6 Å². The number of para-hydroxylation sites is 1. The highest BCUT2D eigenvalue weighted by molar-refractivity contribution is 5.87. The molecular formula is C21H28ClN3O3. The summed E-state index contributed by atoms with van der Waals surface area (Å²) in [6, 6.07) is 14.6. The van der Waals surface area contributed by atoms with Gasteiger partial charge in [-0.2, -0.15) is 0 Å². The second kappa shape index (κ2) is 11.3. The Hall–Kier alpha value is -2.57. The summed E-state index contributed by atoms with van der Waals surface area (Å²) < 4.78 is 5.94. The number of halogens is 1. The summed E-state index contributed by atoms with van der Waals surface area (Å²) in [4.78, 5) is 23.9. The van der Waals surface area contributed by atoms with Gasteiger partial charge in [0.15, 0.2) is 0 Å². The van der Waals surface area contributed by atoms with Gasteiger partial charge < -0.3 is 21.1 Å². The van der Waals surface area contributed by atoms with Gasteiger partial charge in [-0.25, -0.2) is 0 Å². The molecule has 0 aliphatic rings. The van der Waals surface area contributed by atoms with Crippen molar-refractivity contribution in [3.05, 3.63) is 59.7 Å². The van der Waals surface area contributed by atoms with E-state index in [-0.39, 0.29) is 36.7 Å². The van der Waals surface area contributed by atoms with Gasteiger partial charge in [-0.3, -0.25) is 9.59 Å². The minimum absolute atomic E-state index is 0. The lowest BCUT2D eigenvalue weighted by Crippen LogP contribution is -2.47. The van der Waals surface area contributed by atoms with Gasteiger partial charge in [0.05, 0.1) is 12.6 Å². The van der Waals surface area contributed by atoms with Crippen molar-refractivity contribution in [1.82, 2.24) is 10.6 Å². The zero-order valence-electron chi connectivity index (χ0n) is 16.4. The number of amides is 2. The average molecular weight is 406 g/mol. The highest BCUT2D eigenvalue weighted by Crippen LogP contribution is 2.26. The van der Waals surface area contributed by atoms with Crippen LogP contribution in [0.25, 0.3) is 0 Å². The predicted octanol–water partition coefficient (Wildman–Crippen LogP) is 2.92. The quantitative estimate of drug-likeness (QED) is 0.629. The van der Waals surface area contributed by atoms with Crippen molar-refractivity contribution in [3.8, 4) is 11.5 Å². The predicted molar refractivity (Wildman–Crippen MR) is 113 cm³/mol. The molecule has 0 aliphatic heterocycles. The van der Waals surface area contributed by atoms with Crippen LogP contribution < -0.4 is 21.1 Å². The lowest BCUT2D eigenvalue weighted by molar-refractivity contribution is -0.127. The van der Waals surface area contributed by atoms with Crippen molar-refractivity contribution in [2.24, 2.45) is 11.7 Å². The molecule has 0 fully saturated rings. The van der Waals surface area contributed by atoms with Crippen molar-refractivity contribution in [2.75, 3.05) is 6.54 Å². The number of rotatable bonds is 8. The van der Waals surface area contributed by atoms with E-state index in [1.54, 1.807) is 0 Å². The number of hydrogen-bond acceptors (Lipinski definition) is 4. The molecule has 2 aromatic carbocycles. The van der Waals surface area contributed by atoms with E-state index in [4.69, 9.17) is 10.5 Å². The van der Waals surface area contributed by atoms with Crippen LogP contribution in [0.4, 0.5) is 0 Å². The van der Waals surface area contributed by atoms with Gasteiger partial charge in [-0.15, -0.1) is 12.4 Å². The largest absolute Gasteiger partial charge is 0.457 e. The summed E-state index contributed by atoms with van der Waals surface area (Å²) >= 11 is 0. The molecule has 2 rings (SSSR count). The average Bonchev–Trinajstić information content (AvgIpc) is 2.65. The van der Waals surface area contributed by atoms with Crippen LogP contribution in [0.2, 0.25) is 0 Å². The van der Waals surface area contributed by atoms with E-state index < -0.39 is 6.04 Å². The van der Waals surface area contributed by atoms with Gasteiger partial charge in [0.1, 0.15) is 11.5 Å². The van der Waals surface area contributed by atoms with Crippen molar-refractivity contribution in [1.29, 1.82) is 0 Å². The third-order valence-corrected chi connectivity index (χ3v) is 4.11. The molecule has 0 saturated heterocycles. The van der Waals surface area contributed by atoms with E-state index in [1.807, 2.05) is 69.3 Å². The number of hydrogen-bond donors (Lipinski definition) is 3. The maximum Gasteiger partial charge on any atom is 0.239 e. The van der Waals surface area contributed by atoms with Gasteiger partial charge >= 0.3 is 0 Å². The first-order valence-corrected chi connectivity index (χ1v) is 8.99. The maximum atomic E-state index is 12.0. The van der Waals surface area contributed by atoms with Crippen molar-refractivity contribution in [3.63, 3.8) is 0 Å². The van der Waals surface area contributed by atoms with Crippen LogP contribution in [-0.4, -0.2) is 24.4 Å². The second-order valence-corrected chi connectivity index (χ2v) is 6.79. The summed E-state index contributed by atoms with van der Waals surface area (Å²) in [6.07, 6.45) is 0. The Bertz CT molecular complexity index is 782. The van der Waals surface area contributed by atoms with E-state index in [1.165, 1.54) is 0 Å². The lowest BCUT2D eigenvalue weighted by atomic mass is 10.1. The molecule has 2 aromatic rings. The number of carbonyl (C=O) groups excluding carboxylic acids is 2. The highest BCUT2D eigenvalue weighted by Gasteiger charge is 2.17. The van der Waals surface area contributed by atoms with Crippen LogP contribution in [0, 0.1) is 12.8 Å². The van der Waals surface area contributed by atoms with Crippen molar-refractivity contribution >= 4 is 24.2 Å². The zero-order chi connectivity index (χ0) is 19.8. The standard InChI is InChI=1S/C21H27N3O3.ClH/c1-14(2)20(22)21(26)24-13-19(25)23-12-16-10-9-15(3)11-18(16)27-17-7-5-4-6-8-17;/h4-11,14,20H,12-13,22H2,1-3H3,(H,23,25)(H,24,26);1H/t20-;/m0./s1. The van der Waals surface area contributed by atoms with E-state index >= 15 is 0 Å². The monoisotopic (exact) mass is 405 g/mol. The number of aryl methyl sites for hydroxylation is 1. The summed E-state index contributed by atoms with van der Waals surface area (Å²) in [7, 11) is 0. The molecule has 0 aromatic heterocycles. The molecular weight excluding hydrogens is 378 g/mol. The summed E-state index contributed by atoms with van der Waals surface area (Å²) in [6.45, 7) is 5.88. The van der Waals surface area contributed by atoms with Crippen LogP contribution in [-0.2, 0) is 16.1 Å². The summed E-state index contributed by atoms with van der Waals surface area (Å²) in [5.41, 5.74) is 7.67. The van der Waals surface area contributed by atoms with Crippen LogP contribution in [0.5, 0.6) is 11.5 Å². The van der Waals surface area contributed by atoms with E-state index in [9.17, 15) is 9.59 Å². The van der Waals surface area contributed by atoms with Crippen LogP contribution in [0.3, 0.4) is 0 Å². The molecule has 0 bridgehead atoms. The van der Waals surface area contributed by atoms with Crippen LogP contribution >= 0.6 is 12.4 Å². The summed E-state index contributed by atoms with van der Waals surface area (Å²) in [5.74, 6) is 0.811. The Morgan fingerprint density at radius 2 is 1.75 bits per heavy atom. The zero-order valence-corrected chi connectivity index (χ0v) is 17.2.